The summed E-state index contributed by atoms with van der Waals surface area (Å²) in [5, 5.41) is 0. The summed E-state index contributed by atoms with van der Waals surface area (Å²) in [6.07, 6.45) is 0. The van der Waals surface area contributed by atoms with Crippen LogP contribution in [0.4, 0.5) is 0 Å². The Bertz CT molecular complexity index is 517. The van der Waals surface area contributed by atoms with E-state index < -0.39 is 0 Å². The van der Waals surface area contributed by atoms with Crippen molar-refractivity contribution in [2.75, 3.05) is 0 Å². The lowest BCUT2D eigenvalue weighted by Crippen LogP contribution is -2.00. The van der Waals surface area contributed by atoms with Gasteiger partial charge in [0.05, 0.1) is 0 Å². The quantitative estimate of drug-likeness (QED) is 0.810. The van der Waals surface area contributed by atoms with Crippen LogP contribution in [0.5, 0.6) is 0 Å². The predicted molar refractivity (Wildman–Crippen MR) is 77.9 cm³/mol. The maximum absolute atomic E-state index is 10.7. The molecule has 4 heteroatoms. The minimum atomic E-state index is 0.0729. The Kier molecular flexibility index (Phi) is 5.28. The molecule has 0 aromatic carbocycles. The van der Waals surface area contributed by atoms with Crippen molar-refractivity contribution >= 4 is 15.9 Å². The molecular weight excluding hydrogens is 292 g/mol. The normalized spacial score (nSPS) is 9.61. The number of aromatic nitrogens is 2. The summed E-state index contributed by atoms with van der Waals surface area (Å²) in [5.41, 5.74) is 4.02. The van der Waals surface area contributed by atoms with Crippen LogP contribution in [0.3, 0.4) is 0 Å². The van der Waals surface area contributed by atoms with Gasteiger partial charge in [-0.3, -0.25) is 9.78 Å². The molecular formula is C14H17BrN2O. The van der Waals surface area contributed by atoms with Gasteiger partial charge in [-0.1, -0.05) is 15.9 Å². The van der Waals surface area contributed by atoms with Crippen LogP contribution < -0.4 is 5.43 Å². The Morgan fingerprint density at radius 2 is 1.39 bits per heavy atom. The van der Waals surface area contributed by atoms with Gasteiger partial charge in [-0.25, -0.2) is 0 Å². The Labute approximate surface area is 115 Å². The zero-order valence-corrected chi connectivity index (χ0v) is 12.6. The second-order valence-corrected chi connectivity index (χ2v) is 5.17. The lowest BCUT2D eigenvalue weighted by molar-refractivity contribution is 1.11. The van der Waals surface area contributed by atoms with Gasteiger partial charge in [0.15, 0.2) is 5.43 Å². The number of nitrogens with one attached hydrogen (secondary N) is 1. The number of H-pyrrole nitrogens is 1. The van der Waals surface area contributed by atoms with Gasteiger partial charge in [0.2, 0.25) is 0 Å². The summed E-state index contributed by atoms with van der Waals surface area (Å²) in [5.74, 6) is 0. The summed E-state index contributed by atoms with van der Waals surface area (Å²) < 4.78 is 1.10. The molecule has 96 valence electrons. The third-order valence-corrected chi connectivity index (χ3v) is 2.62. The second-order valence-electron chi connectivity index (χ2n) is 4.25. The molecule has 3 nitrogen and oxygen atoms in total. The van der Waals surface area contributed by atoms with Crippen molar-refractivity contribution in [3.63, 3.8) is 0 Å². The highest BCUT2D eigenvalue weighted by molar-refractivity contribution is 9.10. The molecule has 0 aliphatic rings. The molecule has 0 fully saturated rings. The van der Waals surface area contributed by atoms with Crippen LogP contribution in [0, 0.1) is 27.7 Å². The van der Waals surface area contributed by atoms with E-state index in [4.69, 9.17) is 0 Å². The minimum Gasteiger partial charge on any atom is -0.362 e. The summed E-state index contributed by atoms with van der Waals surface area (Å²) in [4.78, 5) is 17.9. The van der Waals surface area contributed by atoms with E-state index in [1.54, 1.807) is 12.1 Å². The zero-order valence-electron chi connectivity index (χ0n) is 11.0. The summed E-state index contributed by atoms with van der Waals surface area (Å²) in [6.45, 7) is 7.71. The van der Waals surface area contributed by atoms with E-state index in [-0.39, 0.29) is 5.43 Å². The van der Waals surface area contributed by atoms with Gasteiger partial charge in [-0.2, -0.15) is 0 Å². The largest absolute Gasteiger partial charge is 0.362 e. The van der Waals surface area contributed by atoms with Crippen molar-refractivity contribution in [2.45, 2.75) is 27.7 Å². The van der Waals surface area contributed by atoms with Crippen LogP contribution >= 0.6 is 15.9 Å². The first-order valence-corrected chi connectivity index (χ1v) is 6.44. The number of rotatable bonds is 0. The Morgan fingerprint density at radius 3 is 1.72 bits per heavy atom. The third-order valence-electron chi connectivity index (χ3n) is 2.16. The van der Waals surface area contributed by atoms with E-state index in [2.05, 4.69) is 25.9 Å². The van der Waals surface area contributed by atoms with Gasteiger partial charge in [0.1, 0.15) is 0 Å². The number of hydrogen-bond donors (Lipinski definition) is 1. The average Bonchev–Trinajstić information content (AvgIpc) is 2.12. The third kappa shape index (κ3) is 5.27. The molecule has 2 aromatic rings. The van der Waals surface area contributed by atoms with Crippen LogP contribution in [-0.2, 0) is 0 Å². The van der Waals surface area contributed by atoms with Crippen LogP contribution in [-0.4, -0.2) is 9.97 Å². The van der Waals surface area contributed by atoms with Crippen molar-refractivity contribution in [3.05, 3.63) is 61.7 Å². The number of aromatic amines is 1. The first-order valence-electron chi connectivity index (χ1n) is 5.65. The molecule has 0 bridgehead atoms. The zero-order chi connectivity index (χ0) is 13.7. The van der Waals surface area contributed by atoms with Gasteiger partial charge in [0.25, 0.3) is 0 Å². The van der Waals surface area contributed by atoms with E-state index in [0.717, 1.165) is 27.2 Å². The smallest absolute Gasteiger partial charge is 0.182 e. The molecule has 0 saturated heterocycles. The molecule has 0 radical (unpaired) electrons. The van der Waals surface area contributed by atoms with E-state index in [0.29, 0.717) is 0 Å². The Hall–Kier alpha value is -1.42. The standard InChI is InChI=1S/C7H8BrN.C7H9NO/c1-5-3-7(8)4-6(2)9-5;1-5-3-7(9)4-6(2)8-5/h3-4H,1-2H3;3-4H,1-2H3,(H,8,9). The predicted octanol–water partition coefficient (Wildman–Crippen LogP) is 3.45. The van der Waals surface area contributed by atoms with Gasteiger partial charge in [-0.15, -0.1) is 0 Å². The minimum absolute atomic E-state index is 0.0729. The van der Waals surface area contributed by atoms with Crippen molar-refractivity contribution in [3.8, 4) is 0 Å². The molecule has 2 aromatic heterocycles. The second kappa shape index (κ2) is 6.50. The molecule has 0 unspecified atom stereocenters. The first kappa shape index (κ1) is 14.6. The molecule has 0 atom stereocenters. The number of nitrogens with zero attached hydrogens (tertiary/aromatic N) is 1. The van der Waals surface area contributed by atoms with Gasteiger partial charge in [0, 0.05) is 39.4 Å². The van der Waals surface area contributed by atoms with Crippen LogP contribution in [0.25, 0.3) is 0 Å². The maximum Gasteiger partial charge on any atom is 0.182 e. The Balaban J connectivity index is 0.000000180. The van der Waals surface area contributed by atoms with Crippen LogP contribution in [0.1, 0.15) is 22.8 Å². The maximum atomic E-state index is 10.7. The van der Waals surface area contributed by atoms with E-state index in [1.807, 2.05) is 39.8 Å². The lowest BCUT2D eigenvalue weighted by Gasteiger charge is -1.94. The molecule has 0 spiro atoms. The molecule has 2 heterocycles. The molecule has 0 aliphatic heterocycles. The number of pyridine rings is 2. The van der Waals surface area contributed by atoms with Gasteiger partial charge in [-0.05, 0) is 39.8 Å². The first-order chi connectivity index (χ1) is 8.36. The highest BCUT2D eigenvalue weighted by Crippen LogP contribution is 2.10. The molecule has 0 saturated carbocycles. The molecule has 0 amide bonds. The van der Waals surface area contributed by atoms with Crippen molar-refractivity contribution in [2.24, 2.45) is 0 Å². The Morgan fingerprint density at radius 1 is 0.944 bits per heavy atom. The molecule has 2 rings (SSSR count). The summed E-state index contributed by atoms with van der Waals surface area (Å²) >= 11 is 3.37. The summed E-state index contributed by atoms with van der Waals surface area (Å²) in [7, 11) is 0. The van der Waals surface area contributed by atoms with Crippen molar-refractivity contribution in [1.29, 1.82) is 0 Å². The highest BCUT2D eigenvalue weighted by atomic mass is 79.9. The topological polar surface area (TPSA) is 45.8 Å². The molecule has 1 N–H and O–H groups in total. The SMILES string of the molecule is Cc1cc(=O)cc(C)[nH]1.Cc1cc(Br)cc(C)n1. The van der Waals surface area contributed by atoms with E-state index in [9.17, 15) is 4.79 Å². The van der Waals surface area contributed by atoms with Crippen LogP contribution in [0.15, 0.2) is 33.5 Å². The van der Waals surface area contributed by atoms with E-state index in [1.165, 1.54) is 0 Å². The monoisotopic (exact) mass is 308 g/mol. The van der Waals surface area contributed by atoms with Crippen LogP contribution in [0.2, 0.25) is 0 Å². The van der Waals surface area contributed by atoms with Crippen molar-refractivity contribution in [1.82, 2.24) is 9.97 Å². The highest BCUT2D eigenvalue weighted by Gasteiger charge is 1.90. The number of halogens is 1. The lowest BCUT2D eigenvalue weighted by atomic mass is 10.3. The van der Waals surface area contributed by atoms with Crippen molar-refractivity contribution < 1.29 is 0 Å². The van der Waals surface area contributed by atoms with Gasteiger partial charge >= 0.3 is 0 Å². The number of hydrogen-bond acceptors (Lipinski definition) is 2. The molecule has 0 aliphatic carbocycles. The average molecular weight is 309 g/mol. The number of aryl methyl sites for hydroxylation is 4. The molecule has 18 heavy (non-hydrogen) atoms. The fraction of sp³-hybridized carbons (Fsp3) is 0.286. The fourth-order valence-electron chi connectivity index (χ4n) is 1.64. The van der Waals surface area contributed by atoms with E-state index >= 15 is 0 Å². The fourth-order valence-corrected chi connectivity index (χ4v) is 2.30. The summed E-state index contributed by atoms with van der Waals surface area (Å²) in [6, 6.07) is 7.14. The van der Waals surface area contributed by atoms with Gasteiger partial charge < -0.3 is 4.98 Å².